The SMILES string of the molecule is CCOc1ccc(NC(=O)CN2C(=O)S/C(=C/c3ccc(OCc4ccc(C(=O)OC)o4)c(OC)c3)C2=O)cc1. The third kappa shape index (κ3) is 6.83. The number of nitrogens with one attached hydrogen (secondary N) is 1. The number of ether oxygens (including phenoxy) is 4. The molecule has 40 heavy (non-hydrogen) atoms. The molecule has 1 fully saturated rings. The molecule has 3 amide bonds. The van der Waals surface area contributed by atoms with Crippen molar-refractivity contribution in [3.05, 3.63) is 76.6 Å². The van der Waals surface area contributed by atoms with Crippen LogP contribution in [-0.2, 0) is 20.9 Å². The minimum atomic E-state index is -0.592. The molecular formula is C28H26N2O9S. The van der Waals surface area contributed by atoms with Crippen LogP contribution in [0.5, 0.6) is 17.2 Å². The molecule has 2 heterocycles. The molecule has 1 aliphatic rings. The summed E-state index contributed by atoms with van der Waals surface area (Å²) in [5.74, 6) is 0.238. The summed E-state index contributed by atoms with van der Waals surface area (Å²) in [5, 5.41) is 2.12. The van der Waals surface area contributed by atoms with Crippen LogP contribution >= 0.6 is 11.8 Å². The van der Waals surface area contributed by atoms with Crippen molar-refractivity contribution in [2.24, 2.45) is 0 Å². The van der Waals surface area contributed by atoms with Gasteiger partial charge in [0.15, 0.2) is 11.5 Å². The lowest BCUT2D eigenvalue weighted by molar-refractivity contribution is -0.127. The smallest absolute Gasteiger partial charge is 0.373 e. The van der Waals surface area contributed by atoms with Crippen molar-refractivity contribution in [3.8, 4) is 17.2 Å². The number of thioether (sulfide) groups is 1. The second kappa shape index (κ2) is 12.9. The highest BCUT2D eigenvalue weighted by atomic mass is 32.2. The van der Waals surface area contributed by atoms with E-state index in [1.807, 2.05) is 6.92 Å². The van der Waals surface area contributed by atoms with E-state index < -0.39 is 29.6 Å². The number of hydrogen-bond donors (Lipinski definition) is 1. The van der Waals surface area contributed by atoms with Gasteiger partial charge in [0.25, 0.3) is 11.1 Å². The molecule has 2 aromatic carbocycles. The molecule has 0 aliphatic carbocycles. The van der Waals surface area contributed by atoms with Crippen LogP contribution in [0.4, 0.5) is 10.5 Å². The maximum Gasteiger partial charge on any atom is 0.373 e. The van der Waals surface area contributed by atoms with Crippen LogP contribution in [0.15, 0.2) is 63.9 Å². The molecular weight excluding hydrogens is 540 g/mol. The van der Waals surface area contributed by atoms with Crippen LogP contribution in [0, 0.1) is 0 Å². The molecule has 1 saturated heterocycles. The summed E-state index contributed by atoms with van der Waals surface area (Å²) in [7, 11) is 2.72. The number of furan rings is 1. The predicted octanol–water partition coefficient (Wildman–Crippen LogP) is 4.73. The Kier molecular flexibility index (Phi) is 9.12. The van der Waals surface area contributed by atoms with E-state index >= 15 is 0 Å². The van der Waals surface area contributed by atoms with Gasteiger partial charge in [0.05, 0.1) is 25.7 Å². The highest BCUT2D eigenvalue weighted by Gasteiger charge is 2.36. The topological polar surface area (TPSA) is 134 Å². The molecule has 1 aromatic heterocycles. The third-order valence-electron chi connectivity index (χ3n) is 5.53. The van der Waals surface area contributed by atoms with Gasteiger partial charge in [-0.15, -0.1) is 0 Å². The van der Waals surface area contributed by atoms with Gasteiger partial charge in [-0.05, 0) is 78.9 Å². The fourth-order valence-corrected chi connectivity index (χ4v) is 4.48. The van der Waals surface area contributed by atoms with Crippen LogP contribution in [0.3, 0.4) is 0 Å². The fraction of sp³-hybridized carbons (Fsp3) is 0.214. The van der Waals surface area contributed by atoms with E-state index in [9.17, 15) is 19.2 Å². The van der Waals surface area contributed by atoms with Crippen LogP contribution in [0.2, 0.25) is 0 Å². The highest BCUT2D eigenvalue weighted by molar-refractivity contribution is 8.18. The van der Waals surface area contributed by atoms with Gasteiger partial charge in [0.2, 0.25) is 11.7 Å². The summed E-state index contributed by atoms with van der Waals surface area (Å²) in [6.45, 7) is 2.00. The van der Waals surface area contributed by atoms with Crippen molar-refractivity contribution in [1.82, 2.24) is 4.90 Å². The molecule has 208 valence electrons. The Morgan fingerprint density at radius 2 is 1.77 bits per heavy atom. The van der Waals surface area contributed by atoms with Crippen LogP contribution in [0.1, 0.15) is 28.8 Å². The van der Waals surface area contributed by atoms with Gasteiger partial charge in [-0.2, -0.15) is 0 Å². The van der Waals surface area contributed by atoms with Crippen molar-refractivity contribution in [2.45, 2.75) is 13.5 Å². The van der Waals surface area contributed by atoms with Crippen molar-refractivity contribution in [1.29, 1.82) is 0 Å². The zero-order valence-electron chi connectivity index (χ0n) is 21.9. The molecule has 0 spiro atoms. The molecule has 1 N–H and O–H groups in total. The molecule has 0 saturated carbocycles. The summed E-state index contributed by atoms with van der Waals surface area (Å²) in [5.41, 5.74) is 1.10. The standard InChI is InChI=1S/C28H26N2O9S/c1-4-37-19-8-6-18(7-9-19)29-25(31)15-30-26(32)24(40-28(30)34)14-17-5-11-21(23(13-17)35-2)38-16-20-10-12-22(39-20)27(33)36-3/h5-14H,4,15-16H2,1-3H3,(H,29,31)/b24-14+. The van der Waals surface area contributed by atoms with Gasteiger partial charge in [0, 0.05) is 5.69 Å². The summed E-state index contributed by atoms with van der Waals surface area (Å²) < 4.78 is 26.5. The monoisotopic (exact) mass is 566 g/mol. The first-order valence-electron chi connectivity index (χ1n) is 12.1. The van der Waals surface area contributed by atoms with Crippen molar-refractivity contribution in [2.75, 3.05) is 32.7 Å². The largest absolute Gasteiger partial charge is 0.494 e. The quantitative estimate of drug-likeness (QED) is 0.256. The second-order valence-electron chi connectivity index (χ2n) is 8.23. The number of carbonyl (C=O) groups is 4. The zero-order valence-corrected chi connectivity index (χ0v) is 22.7. The van der Waals surface area contributed by atoms with E-state index in [1.165, 1.54) is 26.4 Å². The first-order valence-corrected chi connectivity index (χ1v) is 12.9. The van der Waals surface area contributed by atoms with E-state index in [4.69, 9.17) is 18.6 Å². The summed E-state index contributed by atoms with van der Waals surface area (Å²) >= 11 is 0.744. The Morgan fingerprint density at radius 3 is 2.48 bits per heavy atom. The van der Waals surface area contributed by atoms with Gasteiger partial charge in [-0.1, -0.05) is 6.07 Å². The predicted molar refractivity (Wildman–Crippen MR) is 146 cm³/mol. The summed E-state index contributed by atoms with van der Waals surface area (Å²) in [6.07, 6.45) is 1.54. The molecule has 0 atom stereocenters. The van der Waals surface area contributed by atoms with Gasteiger partial charge in [-0.3, -0.25) is 19.3 Å². The Bertz CT molecular complexity index is 1450. The number of carbonyl (C=O) groups excluding carboxylic acids is 4. The maximum atomic E-state index is 12.9. The number of hydrogen-bond acceptors (Lipinski definition) is 10. The van der Waals surface area contributed by atoms with Crippen LogP contribution in [-0.4, -0.2) is 55.3 Å². The van der Waals surface area contributed by atoms with Crippen molar-refractivity contribution >= 4 is 46.5 Å². The molecule has 1 aliphatic heterocycles. The Morgan fingerprint density at radius 1 is 1.00 bits per heavy atom. The van der Waals surface area contributed by atoms with Gasteiger partial charge < -0.3 is 28.7 Å². The first-order chi connectivity index (χ1) is 19.3. The first kappa shape index (κ1) is 28.3. The summed E-state index contributed by atoms with van der Waals surface area (Å²) in [6, 6.07) is 14.8. The number of rotatable bonds is 11. The average Bonchev–Trinajstić information content (AvgIpc) is 3.53. The lowest BCUT2D eigenvalue weighted by atomic mass is 10.2. The minimum Gasteiger partial charge on any atom is -0.494 e. The molecule has 12 heteroatoms. The Hall–Kier alpha value is -4.71. The Balaban J connectivity index is 1.38. The van der Waals surface area contributed by atoms with E-state index in [2.05, 4.69) is 10.1 Å². The Labute approximate surface area is 234 Å². The molecule has 4 rings (SSSR count). The van der Waals surface area contributed by atoms with Crippen LogP contribution < -0.4 is 19.5 Å². The molecule has 0 bridgehead atoms. The van der Waals surface area contributed by atoms with Crippen LogP contribution in [0.25, 0.3) is 6.08 Å². The van der Waals surface area contributed by atoms with E-state index in [0.717, 1.165) is 16.7 Å². The number of nitrogens with zero attached hydrogens (tertiary/aromatic N) is 1. The number of methoxy groups -OCH3 is 2. The molecule has 11 nitrogen and oxygen atoms in total. The molecule has 3 aromatic rings. The van der Waals surface area contributed by atoms with Gasteiger partial charge >= 0.3 is 5.97 Å². The fourth-order valence-electron chi connectivity index (χ4n) is 3.64. The average molecular weight is 567 g/mol. The summed E-state index contributed by atoms with van der Waals surface area (Å²) in [4.78, 5) is 50.5. The third-order valence-corrected chi connectivity index (χ3v) is 6.44. The minimum absolute atomic E-state index is 0.0321. The van der Waals surface area contributed by atoms with Crippen molar-refractivity contribution < 1.29 is 42.5 Å². The maximum absolute atomic E-state index is 12.9. The van der Waals surface area contributed by atoms with Crippen molar-refractivity contribution in [3.63, 3.8) is 0 Å². The number of amides is 3. The number of anilines is 1. The number of benzene rings is 2. The highest BCUT2D eigenvalue weighted by Crippen LogP contribution is 2.35. The van der Waals surface area contributed by atoms with Gasteiger partial charge in [-0.25, -0.2) is 4.79 Å². The van der Waals surface area contributed by atoms with E-state index in [-0.39, 0.29) is 17.3 Å². The lowest BCUT2D eigenvalue weighted by Crippen LogP contribution is -2.36. The second-order valence-corrected chi connectivity index (χ2v) is 9.22. The molecule has 0 unspecified atom stereocenters. The van der Waals surface area contributed by atoms with E-state index in [1.54, 1.807) is 48.5 Å². The molecule has 0 radical (unpaired) electrons. The van der Waals surface area contributed by atoms with E-state index in [0.29, 0.717) is 40.9 Å². The number of esters is 1. The zero-order chi connectivity index (χ0) is 28.6. The lowest BCUT2D eigenvalue weighted by Gasteiger charge is -2.13. The normalized spacial score (nSPS) is 13.9. The van der Waals surface area contributed by atoms with Gasteiger partial charge in [0.1, 0.15) is 24.7 Å². The number of imide groups is 1.